The van der Waals surface area contributed by atoms with Gasteiger partial charge in [-0.15, -0.1) is 0 Å². The molecule has 7 heteroatoms. The third-order valence-electron chi connectivity index (χ3n) is 2.48. The summed E-state index contributed by atoms with van der Waals surface area (Å²) in [6, 6.07) is 3.90. The Labute approximate surface area is 118 Å². The van der Waals surface area contributed by atoms with Gasteiger partial charge in [-0.25, -0.2) is 0 Å². The van der Waals surface area contributed by atoms with E-state index in [9.17, 15) is 0 Å². The van der Waals surface area contributed by atoms with Gasteiger partial charge < -0.3 is 16.0 Å². The molecule has 0 radical (unpaired) electrons. The van der Waals surface area contributed by atoms with Gasteiger partial charge in [0.05, 0.1) is 0 Å². The first kappa shape index (κ1) is 14.0. The fraction of sp³-hybridized carbons (Fsp3) is 0.385. The van der Waals surface area contributed by atoms with Gasteiger partial charge in [-0.05, 0) is 25.5 Å². The Kier molecular flexibility index (Phi) is 5.05. The van der Waals surface area contributed by atoms with Crippen LogP contribution in [0.3, 0.4) is 0 Å². The van der Waals surface area contributed by atoms with Crippen molar-refractivity contribution in [2.45, 2.75) is 20.4 Å². The second kappa shape index (κ2) is 7.22. The number of anilines is 3. The van der Waals surface area contributed by atoms with Crippen molar-refractivity contribution in [3.05, 3.63) is 30.1 Å². The highest BCUT2D eigenvalue weighted by Gasteiger charge is 2.05. The first-order valence-electron chi connectivity index (χ1n) is 6.68. The minimum atomic E-state index is 0.538. The molecule has 7 nitrogen and oxygen atoms in total. The van der Waals surface area contributed by atoms with Gasteiger partial charge in [-0.3, -0.25) is 4.98 Å². The van der Waals surface area contributed by atoms with Crippen LogP contribution in [-0.4, -0.2) is 33.0 Å². The van der Waals surface area contributed by atoms with Gasteiger partial charge in [0.1, 0.15) is 0 Å². The van der Waals surface area contributed by atoms with Gasteiger partial charge in [-0.1, -0.05) is 6.07 Å². The molecule has 2 aromatic rings. The molecular weight excluding hydrogens is 254 g/mol. The number of nitrogens with one attached hydrogen (secondary N) is 3. The summed E-state index contributed by atoms with van der Waals surface area (Å²) in [5.41, 5.74) is 1.07. The number of pyridine rings is 1. The van der Waals surface area contributed by atoms with Gasteiger partial charge in [0.2, 0.25) is 17.8 Å². The number of rotatable bonds is 7. The molecule has 0 aromatic carbocycles. The van der Waals surface area contributed by atoms with E-state index in [4.69, 9.17) is 0 Å². The fourth-order valence-corrected chi connectivity index (χ4v) is 1.61. The molecule has 0 saturated heterocycles. The highest BCUT2D eigenvalue weighted by molar-refractivity contribution is 5.42. The standard InChI is InChI=1S/C13H19N7/c1-3-15-11-18-12(16-4-2)20-13(19-11)17-9-10-6-5-7-14-8-10/h5-8H,3-4,9H2,1-2H3,(H3,15,16,17,18,19,20). The third-order valence-corrected chi connectivity index (χ3v) is 2.48. The van der Waals surface area contributed by atoms with Crippen LogP contribution < -0.4 is 16.0 Å². The van der Waals surface area contributed by atoms with Crippen LogP contribution in [0, 0.1) is 0 Å². The zero-order valence-corrected chi connectivity index (χ0v) is 11.7. The molecule has 0 aliphatic heterocycles. The topological polar surface area (TPSA) is 87.7 Å². The van der Waals surface area contributed by atoms with Crippen LogP contribution in [-0.2, 0) is 6.54 Å². The third kappa shape index (κ3) is 4.04. The van der Waals surface area contributed by atoms with E-state index in [1.807, 2.05) is 32.2 Å². The number of hydrogen-bond donors (Lipinski definition) is 3. The summed E-state index contributed by atoms with van der Waals surface area (Å²) in [7, 11) is 0. The molecule has 2 rings (SSSR count). The lowest BCUT2D eigenvalue weighted by atomic mass is 10.3. The minimum absolute atomic E-state index is 0.538. The Bertz CT molecular complexity index is 505. The Morgan fingerprint density at radius 3 is 2.00 bits per heavy atom. The summed E-state index contributed by atoms with van der Waals surface area (Å²) in [4.78, 5) is 17.0. The molecule has 0 aliphatic carbocycles. The second-order valence-electron chi connectivity index (χ2n) is 4.08. The van der Waals surface area contributed by atoms with Gasteiger partial charge in [0.25, 0.3) is 0 Å². The average Bonchev–Trinajstić information content (AvgIpc) is 2.47. The summed E-state index contributed by atoms with van der Waals surface area (Å²) in [6.45, 7) is 6.14. The fourth-order valence-electron chi connectivity index (χ4n) is 1.61. The highest BCUT2D eigenvalue weighted by atomic mass is 15.3. The van der Waals surface area contributed by atoms with E-state index >= 15 is 0 Å². The monoisotopic (exact) mass is 273 g/mol. The van der Waals surface area contributed by atoms with Gasteiger partial charge in [0.15, 0.2) is 0 Å². The number of hydrogen-bond acceptors (Lipinski definition) is 7. The minimum Gasteiger partial charge on any atom is -0.354 e. The molecule has 106 valence electrons. The van der Waals surface area contributed by atoms with Crippen molar-refractivity contribution in [1.82, 2.24) is 19.9 Å². The predicted molar refractivity (Wildman–Crippen MR) is 79.7 cm³/mol. The SMILES string of the molecule is CCNc1nc(NCC)nc(NCc2cccnc2)n1. The molecule has 0 aliphatic rings. The molecule has 0 amide bonds. The molecule has 0 unspecified atom stereocenters. The van der Waals surface area contributed by atoms with E-state index in [2.05, 4.69) is 35.9 Å². The molecular formula is C13H19N7. The molecule has 0 atom stereocenters. The molecule has 0 saturated carbocycles. The Morgan fingerprint density at radius 2 is 1.50 bits per heavy atom. The van der Waals surface area contributed by atoms with Crippen LogP contribution in [0.15, 0.2) is 24.5 Å². The maximum absolute atomic E-state index is 4.32. The van der Waals surface area contributed by atoms with Crippen molar-refractivity contribution in [2.24, 2.45) is 0 Å². The van der Waals surface area contributed by atoms with E-state index in [0.29, 0.717) is 24.4 Å². The first-order chi connectivity index (χ1) is 9.81. The second-order valence-corrected chi connectivity index (χ2v) is 4.08. The molecule has 3 N–H and O–H groups in total. The summed E-state index contributed by atoms with van der Waals surface area (Å²) in [5.74, 6) is 1.66. The normalized spacial score (nSPS) is 10.1. The molecule has 20 heavy (non-hydrogen) atoms. The quantitative estimate of drug-likeness (QED) is 0.708. The lowest BCUT2D eigenvalue weighted by Gasteiger charge is -2.09. The highest BCUT2D eigenvalue weighted by Crippen LogP contribution is 2.10. The van der Waals surface area contributed by atoms with E-state index in [1.54, 1.807) is 6.20 Å². The number of nitrogens with zero attached hydrogens (tertiary/aromatic N) is 4. The Hall–Kier alpha value is -2.44. The van der Waals surface area contributed by atoms with Crippen LogP contribution in [0.4, 0.5) is 17.8 Å². The van der Waals surface area contributed by atoms with Crippen molar-refractivity contribution < 1.29 is 0 Å². The van der Waals surface area contributed by atoms with Crippen LogP contribution >= 0.6 is 0 Å². The number of aromatic nitrogens is 4. The predicted octanol–water partition coefficient (Wildman–Crippen LogP) is 1.74. The summed E-state index contributed by atoms with van der Waals surface area (Å²) in [6.07, 6.45) is 3.56. The summed E-state index contributed by atoms with van der Waals surface area (Å²) >= 11 is 0. The maximum atomic E-state index is 4.32. The Balaban J connectivity index is 2.09. The zero-order chi connectivity index (χ0) is 14.2. The smallest absolute Gasteiger partial charge is 0.229 e. The lowest BCUT2D eigenvalue weighted by molar-refractivity contribution is 0.973. The molecule has 0 fully saturated rings. The van der Waals surface area contributed by atoms with Gasteiger partial charge in [0, 0.05) is 32.0 Å². The average molecular weight is 273 g/mol. The summed E-state index contributed by atoms with van der Waals surface area (Å²) < 4.78 is 0. The molecule has 2 heterocycles. The van der Waals surface area contributed by atoms with Crippen molar-refractivity contribution in [1.29, 1.82) is 0 Å². The first-order valence-corrected chi connectivity index (χ1v) is 6.68. The van der Waals surface area contributed by atoms with Crippen molar-refractivity contribution in [3.8, 4) is 0 Å². The van der Waals surface area contributed by atoms with Crippen molar-refractivity contribution in [2.75, 3.05) is 29.0 Å². The van der Waals surface area contributed by atoms with Crippen LogP contribution in [0.25, 0.3) is 0 Å². The molecule has 2 aromatic heterocycles. The van der Waals surface area contributed by atoms with E-state index in [1.165, 1.54) is 0 Å². The van der Waals surface area contributed by atoms with Crippen LogP contribution in [0.5, 0.6) is 0 Å². The van der Waals surface area contributed by atoms with Crippen LogP contribution in [0.1, 0.15) is 19.4 Å². The zero-order valence-electron chi connectivity index (χ0n) is 11.7. The van der Waals surface area contributed by atoms with Crippen molar-refractivity contribution >= 4 is 17.8 Å². The van der Waals surface area contributed by atoms with E-state index < -0.39 is 0 Å². The lowest BCUT2D eigenvalue weighted by Crippen LogP contribution is -2.12. The molecule has 0 bridgehead atoms. The van der Waals surface area contributed by atoms with Crippen LogP contribution in [0.2, 0.25) is 0 Å². The van der Waals surface area contributed by atoms with E-state index in [-0.39, 0.29) is 0 Å². The maximum Gasteiger partial charge on any atom is 0.229 e. The summed E-state index contributed by atoms with van der Waals surface area (Å²) in [5, 5.41) is 9.36. The molecule has 0 spiro atoms. The van der Waals surface area contributed by atoms with E-state index in [0.717, 1.165) is 18.7 Å². The Morgan fingerprint density at radius 1 is 0.900 bits per heavy atom. The largest absolute Gasteiger partial charge is 0.354 e. The van der Waals surface area contributed by atoms with Crippen molar-refractivity contribution in [3.63, 3.8) is 0 Å². The van der Waals surface area contributed by atoms with Gasteiger partial charge in [-0.2, -0.15) is 15.0 Å². The van der Waals surface area contributed by atoms with Gasteiger partial charge >= 0.3 is 0 Å².